The van der Waals surface area contributed by atoms with Gasteiger partial charge < -0.3 is 4.90 Å². The van der Waals surface area contributed by atoms with Gasteiger partial charge >= 0.3 is 0 Å². The zero-order valence-electron chi connectivity index (χ0n) is 14.0. The molecule has 1 amide bonds. The molecular weight excluding hydrogens is 318 g/mol. The third-order valence-corrected chi connectivity index (χ3v) is 5.77. The maximum Gasteiger partial charge on any atom is 0.272 e. The van der Waals surface area contributed by atoms with E-state index >= 15 is 0 Å². The average molecular weight is 339 g/mol. The first-order chi connectivity index (χ1) is 11.6. The molecule has 124 valence electrons. The van der Waals surface area contributed by atoms with Crippen molar-refractivity contribution >= 4 is 22.2 Å². The van der Waals surface area contributed by atoms with E-state index in [1.807, 2.05) is 51.2 Å². The van der Waals surface area contributed by atoms with Crippen LogP contribution in [0.5, 0.6) is 0 Å². The topological polar surface area (TPSA) is 37.6 Å². The van der Waals surface area contributed by atoms with Gasteiger partial charge in [-0.2, -0.15) is 0 Å². The zero-order chi connectivity index (χ0) is 16.7. The van der Waals surface area contributed by atoms with Crippen LogP contribution in [-0.4, -0.2) is 32.3 Å². The van der Waals surface area contributed by atoms with Crippen molar-refractivity contribution in [1.82, 2.24) is 14.3 Å². The van der Waals surface area contributed by atoms with E-state index in [1.165, 1.54) is 17.8 Å². The summed E-state index contributed by atoms with van der Waals surface area (Å²) in [4.78, 5) is 20.7. The first-order valence-corrected chi connectivity index (χ1v) is 9.38. The third kappa shape index (κ3) is 2.53. The van der Waals surface area contributed by atoms with Gasteiger partial charge in [0.25, 0.3) is 5.91 Å². The minimum absolute atomic E-state index is 0.123. The highest BCUT2D eigenvalue weighted by Gasteiger charge is 2.31. The van der Waals surface area contributed by atoms with E-state index in [9.17, 15) is 4.79 Å². The van der Waals surface area contributed by atoms with Crippen LogP contribution in [0.4, 0.5) is 0 Å². The van der Waals surface area contributed by atoms with Gasteiger partial charge in [-0.3, -0.25) is 9.20 Å². The highest BCUT2D eigenvalue weighted by Crippen LogP contribution is 2.28. The highest BCUT2D eigenvalue weighted by molar-refractivity contribution is 7.15. The second-order valence-electron chi connectivity index (χ2n) is 6.61. The van der Waals surface area contributed by atoms with Gasteiger partial charge in [0.2, 0.25) is 0 Å². The number of thiazole rings is 1. The summed E-state index contributed by atoms with van der Waals surface area (Å²) in [6, 6.07) is 10.7. The summed E-state index contributed by atoms with van der Waals surface area (Å²) in [5.74, 6) is 0.123. The van der Waals surface area contributed by atoms with E-state index in [1.54, 1.807) is 0 Å². The number of hydrogen-bond donors (Lipinski definition) is 0. The van der Waals surface area contributed by atoms with E-state index < -0.39 is 0 Å². The van der Waals surface area contributed by atoms with Crippen molar-refractivity contribution in [3.8, 4) is 11.3 Å². The van der Waals surface area contributed by atoms with Crippen molar-refractivity contribution in [1.29, 1.82) is 0 Å². The van der Waals surface area contributed by atoms with E-state index in [-0.39, 0.29) is 5.91 Å². The van der Waals surface area contributed by atoms with Gasteiger partial charge in [0.15, 0.2) is 4.96 Å². The average Bonchev–Trinajstić information content (AvgIpc) is 3.15. The lowest BCUT2D eigenvalue weighted by Crippen LogP contribution is -2.47. The molecule has 0 bridgehead atoms. The number of likely N-dealkylation sites (tertiary alicyclic amines) is 1. The summed E-state index contributed by atoms with van der Waals surface area (Å²) >= 11 is 1.53. The molecule has 0 aliphatic carbocycles. The predicted molar refractivity (Wildman–Crippen MR) is 97.4 cm³/mol. The number of benzene rings is 1. The lowest BCUT2D eigenvalue weighted by molar-refractivity contribution is 0.0504. The number of hydrogen-bond acceptors (Lipinski definition) is 3. The molecule has 3 heterocycles. The van der Waals surface area contributed by atoms with Crippen LogP contribution in [0, 0.1) is 0 Å². The SMILES string of the molecule is CC1CCCC(C)N1C(=O)c1csc2nc(-c3ccccc3)cn12. The molecule has 3 aromatic rings. The number of rotatable bonds is 2. The van der Waals surface area contributed by atoms with Gasteiger partial charge in [0, 0.05) is 29.2 Å². The Kier molecular flexibility index (Phi) is 3.88. The number of imidazole rings is 1. The van der Waals surface area contributed by atoms with Gasteiger partial charge in [0.1, 0.15) is 5.69 Å². The molecule has 0 spiro atoms. The van der Waals surface area contributed by atoms with Crippen molar-refractivity contribution in [2.24, 2.45) is 0 Å². The molecule has 1 aliphatic heterocycles. The summed E-state index contributed by atoms with van der Waals surface area (Å²) in [6.45, 7) is 4.31. The summed E-state index contributed by atoms with van der Waals surface area (Å²) in [5, 5.41) is 1.94. The van der Waals surface area contributed by atoms with Crippen LogP contribution < -0.4 is 0 Å². The Labute approximate surface area is 145 Å². The Hall–Kier alpha value is -2.14. The summed E-state index contributed by atoms with van der Waals surface area (Å²) < 4.78 is 1.95. The first kappa shape index (κ1) is 15.4. The fraction of sp³-hybridized carbons (Fsp3) is 0.368. The van der Waals surface area contributed by atoms with Gasteiger partial charge in [-0.05, 0) is 33.1 Å². The largest absolute Gasteiger partial charge is 0.332 e. The lowest BCUT2D eigenvalue weighted by Gasteiger charge is -2.38. The van der Waals surface area contributed by atoms with Crippen LogP contribution in [0.15, 0.2) is 41.9 Å². The van der Waals surface area contributed by atoms with E-state index in [0.29, 0.717) is 12.1 Å². The van der Waals surface area contributed by atoms with Crippen LogP contribution in [0.2, 0.25) is 0 Å². The van der Waals surface area contributed by atoms with E-state index in [2.05, 4.69) is 18.8 Å². The fourth-order valence-corrected chi connectivity index (χ4v) is 4.49. The second kappa shape index (κ2) is 6.06. The third-order valence-electron chi connectivity index (χ3n) is 4.93. The molecule has 2 atom stereocenters. The number of fused-ring (bicyclic) bond motifs is 1. The molecule has 2 aromatic heterocycles. The van der Waals surface area contributed by atoms with Crippen LogP contribution in [0.3, 0.4) is 0 Å². The number of amides is 1. The van der Waals surface area contributed by atoms with Crippen molar-refractivity contribution < 1.29 is 4.79 Å². The zero-order valence-corrected chi connectivity index (χ0v) is 14.8. The molecule has 2 unspecified atom stereocenters. The number of aromatic nitrogens is 2. The first-order valence-electron chi connectivity index (χ1n) is 8.50. The molecule has 1 aliphatic rings. The Bertz CT molecular complexity index is 857. The molecule has 4 rings (SSSR count). The lowest BCUT2D eigenvalue weighted by atomic mass is 9.97. The molecule has 0 N–H and O–H groups in total. The number of nitrogens with zero attached hydrogens (tertiary/aromatic N) is 3. The monoisotopic (exact) mass is 339 g/mol. The van der Waals surface area contributed by atoms with E-state index in [0.717, 1.165) is 34.8 Å². The van der Waals surface area contributed by atoms with Crippen LogP contribution in [0.25, 0.3) is 16.2 Å². The van der Waals surface area contributed by atoms with Gasteiger partial charge in [-0.1, -0.05) is 30.3 Å². The Balaban J connectivity index is 1.72. The van der Waals surface area contributed by atoms with Crippen molar-refractivity contribution in [2.45, 2.75) is 45.2 Å². The van der Waals surface area contributed by atoms with Crippen molar-refractivity contribution in [2.75, 3.05) is 0 Å². The van der Waals surface area contributed by atoms with E-state index in [4.69, 9.17) is 0 Å². The fourth-order valence-electron chi connectivity index (χ4n) is 3.64. The maximum atomic E-state index is 13.1. The normalized spacial score (nSPS) is 21.3. The Morgan fingerprint density at radius 2 is 1.88 bits per heavy atom. The number of carbonyl (C=O) groups is 1. The summed E-state index contributed by atoms with van der Waals surface area (Å²) in [6.07, 6.45) is 5.35. The quantitative estimate of drug-likeness (QED) is 0.691. The van der Waals surface area contributed by atoms with Crippen LogP contribution in [-0.2, 0) is 0 Å². The van der Waals surface area contributed by atoms with Crippen molar-refractivity contribution in [3.05, 3.63) is 47.6 Å². The number of piperidine rings is 1. The molecule has 5 heteroatoms. The maximum absolute atomic E-state index is 13.1. The molecule has 1 fully saturated rings. The van der Waals surface area contributed by atoms with Gasteiger partial charge in [-0.25, -0.2) is 4.98 Å². The summed E-state index contributed by atoms with van der Waals surface area (Å²) in [5.41, 5.74) is 2.72. The smallest absolute Gasteiger partial charge is 0.272 e. The standard InChI is InChI=1S/C19H21N3OS/c1-13-7-6-8-14(2)22(13)18(23)17-12-24-19-20-16(11-21(17)19)15-9-4-3-5-10-15/h3-5,9-14H,6-8H2,1-2H3. The molecule has 0 radical (unpaired) electrons. The van der Waals surface area contributed by atoms with Crippen LogP contribution in [0.1, 0.15) is 43.6 Å². The number of carbonyl (C=O) groups excluding carboxylic acids is 1. The van der Waals surface area contributed by atoms with Gasteiger partial charge in [-0.15, -0.1) is 11.3 Å². The molecule has 0 saturated carbocycles. The molecule has 4 nitrogen and oxygen atoms in total. The Morgan fingerprint density at radius 3 is 2.58 bits per heavy atom. The molecule has 1 aromatic carbocycles. The minimum Gasteiger partial charge on any atom is -0.332 e. The molecular formula is C19H21N3OS. The molecule has 1 saturated heterocycles. The van der Waals surface area contributed by atoms with Crippen LogP contribution >= 0.6 is 11.3 Å². The second-order valence-corrected chi connectivity index (χ2v) is 7.44. The van der Waals surface area contributed by atoms with Crippen molar-refractivity contribution in [3.63, 3.8) is 0 Å². The molecule has 24 heavy (non-hydrogen) atoms. The minimum atomic E-state index is 0.123. The summed E-state index contributed by atoms with van der Waals surface area (Å²) in [7, 11) is 0. The highest BCUT2D eigenvalue weighted by atomic mass is 32.1. The van der Waals surface area contributed by atoms with Gasteiger partial charge in [0.05, 0.1) is 5.69 Å². The predicted octanol–water partition coefficient (Wildman–Crippen LogP) is 4.47. The Morgan fingerprint density at radius 1 is 1.17 bits per heavy atom.